The van der Waals surface area contributed by atoms with Gasteiger partial charge in [0.05, 0.1) is 12.2 Å². The molecule has 2 N–H and O–H groups in total. The van der Waals surface area contributed by atoms with Crippen molar-refractivity contribution in [3.63, 3.8) is 0 Å². The van der Waals surface area contributed by atoms with Gasteiger partial charge in [-0.3, -0.25) is 0 Å². The SMILES string of the molecule is C[C@@H]1C(S)C2CC1C(O)C2O. The van der Waals surface area contributed by atoms with E-state index in [-0.39, 0.29) is 11.8 Å². The van der Waals surface area contributed by atoms with Gasteiger partial charge in [-0.1, -0.05) is 6.92 Å². The largest absolute Gasteiger partial charge is 0.390 e. The van der Waals surface area contributed by atoms with E-state index in [0.29, 0.717) is 11.2 Å². The first-order chi connectivity index (χ1) is 5.13. The van der Waals surface area contributed by atoms with Gasteiger partial charge >= 0.3 is 0 Å². The normalized spacial score (nSPS) is 62.2. The molecule has 2 bridgehead atoms. The third-order valence-electron chi connectivity index (χ3n) is 3.42. The maximum Gasteiger partial charge on any atom is 0.0840 e. The molecule has 0 spiro atoms. The van der Waals surface area contributed by atoms with Gasteiger partial charge in [0, 0.05) is 5.25 Å². The summed E-state index contributed by atoms with van der Waals surface area (Å²) in [7, 11) is 0. The molecule has 6 atom stereocenters. The van der Waals surface area contributed by atoms with Gasteiger partial charge in [0.25, 0.3) is 0 Å². The molecule has 2 fully saturated rings. The molecule has 2 rings (SSSR count). The van der Waals surface area contributed by atoms with Gasteiger partial charge in [-0.15, -0.1) is 0 Å². The van der Waals surface area contributed by atoms with Crippen LogP contribution >= 0.6 is 12.6 Å². The number of aliphatic hydroxyl groups excluding tert-OH is 2. The van der Waals surface area contributed by atoms with E-state index in [1.54, 1.807) is 0 Å². The van der Waals surface area contributed by atoms with E-state index < -0.39 is 12.2 Å². The first-order valence-corrected chi connectivity index (χ1v) is 4.68. The van der Waals surface area contributed by atoms with Crippen molar-refractivity contribution in [3.8, 4) is 0 Å². The molecule has 3 heteroatoms. The van der Waals surface area contributed by atoms with E-state index in [2.05, 4.69) is 19.6 Å². The van der Waals surface area contributed by atoms with Crippen molar-refractivity contribution in [2.45, 2.75) is 30.8 Å². The Labute approximate surface area is 72.0 Å². The highest BCUT2D eigenvalue weighted by Crippen LogP contribution is 2.50. The lowest BCUT2D eigenvalue weighted by atomic mass is 9.86. The second kappa shape index (κ2) is 2.38. The van der Waals surface area contributed by atoms with Crippen LogP contribution in [0.25, 0.3) is 0 Å². The van der Waals surface area contributed by atoms with Crippen LogP contribution in [-0.4, -0.2) is 27.7 Å². The molecule has 0 aromatic carbocycles. The van der Waals surface area contributed by atoms with Gasteiger partial charge in [-0.2, -0.15) is 12.6 Å². The summed E-state index contributed by atoms with van der Waals surface area (Å²) in [6.45, 7) is 2.11. The van der Waals surface area contributed by atoms with Crippen LogP contribution in [0.2, 0.25) is 0 Å². The van der Waals surface area contributed by atoms with Gasteiger partial charge in [0.2, 0.25) is 0 Å². The summed E-state index contributed by atoms with van der Waals surface area (Å²) in [4.78, 5) is 0. The topological polar surface area (TPSA) is 40.5 Å². The van der Waals surface area contributed by atoms with Crippen molar-refractivity contribution in [1.29, 1.82) is 0 Å². The molecule has 2 aliphatic carbocycles. The summed E-state index contributed by atoms with van der Waals surface area (Å²) >= 11 is 4.42. The van der Waals surface area contributed by atoms with Crippen LogP contribution in [0.4, 0.5) is 0 Å². The van der Waals surface area contributed by atoms with Gasteiger partial charge < -0.3 is 10.2 Å². The number of rotatable bonds is 0. The average molecular weight is 174 g/mol. The van der Waals surface area contributed by atoms with Crippen LogP contribution in [0.1, 0.15) is 13.3 Å². The molecule has 2 saturated carbocycles. The monoisotopic (exact) mass is 174 g/mol. The number of fused-ring (bicyclic) bond motifs is 2. The molecule has 0 radical (unpaired) electrons. The minimum absolute atomic E-state index is 0.230. The Hall–Kier alpha value is 0.270. The Bertz CT molecular complexity index is 139. The van der Waals surface area contributed by atoms with Gasteiger partial charge in [-0.25, -0.2) is 0 Å². The maximum atomic E-state index is 9.49. The van der Waals surface area contributed by atoms with Gasteiger partial charge in [0.1, 0.15) is 0 Å². The summed E-state index contributed by atoms with van der Waals surface area (Å²) in [6, 6.07) is 0. The summed E-state index contributed by atoms with van der Waals surface area (Å²) < 4.78 is 0. The van der Waals surface area contributed by atoms with E-state index in [1.165, 1.54) is 0 Å². The van der Waals surface area contributed by atoms with Crippen molar-refractivity contribution >= 4 is 12.6 Å². The lowest BCUT2D eigenvalue weighted by Gasteiger charge is -2.31. The van der Waals surface area contributed by atoms with Crippen LogP contribution in [0, 0.1) is 17.8 Å². The highest BCUT2D eigenvalue weighted by Gasteiger charge is 2.54. The Morgan fingerprint density at radius 2 is 1.73 bits per heavy atom. The lowest BCUT2D eigenvalue weighted by molar-refractivity contribution is -0.0281. The third kappa shape index (κ3) is 0.879. The fraction of sp³-hybridized carbons (Fsp3) is 1.00. The second-order valence-electron chi connectivity index (χ2n) is 3.89. The quantitative estimate of drug-likeness (QED) is 0.462. The van der Waals surface area contributed by atoms with Gasteiger partial charge in [-0.05, 0) is 24.2 Å². The molecule has 0 heterocycles. The molecule has 0 aromatic rings. The zero-order valence-electron chi connectivity index (χ0n) is 6.51. The predicted molar refractivity (Wildman–Crippen MR) is 45.5 cm³/mol. The number of aliphatic hydroxyl groups is 2. The third-order valence-corrected chi connectivity index (χ3v) is 4.28. The van der Waals surface area contributed by atoms with E-state index in [0.717, 1.165) is 6.42 Å². The zero-order chi connectivity index (χ0) is 8.17. The van der Waals surface area contributed by atoms with Crippen LogP contribution in [0.5, 0.6) is 0 Å². The van der Waals surface area contributed by atoms with E-state index in [1.807, 2.05) is 0 Å². The first kappa shape index (κ1) is 7.90. The van der Waals surface area contributed by atoms with Crippen LogP contribution in [0.3, 0.4) is 0 Å². The molecular weight excluding hydrogens is 160 g/mol. The number of hydrogen-bond acceptors (Lipinski definition) is 3. The molecule has 11 heavy (non-hydrogen) atoms. The smallest absolute Gasteiger partial charge is 0.0840 e. The highest BCUT2D eigenvalue weighted by atomic mass is 32.1. The predicted octanol–water partition coefficient (Wildman–Crippen LogP) is 0.292. The first-order valence-electron chi connectivity index (χ1n) is 4.17. The van der Waals surface area contributed by atoms with Crippen molar-refractivity contribution in [3.05, 3.63) is 0 Å². The van der Waals surface area contributed by atoms with E-state index in [4.69, 9.17) is 0 Å². The molecule has 2 nitrogen and oxygen atoms in total. The summed E-state index contributed by atoms with van der Waals surface area (Å²) in [5, 5.41) is 19.3. The Balaban J connectivity index is 2.21. The Morgan fingerprint density at radius 3 is 2.18 bits per heavy atom. The molecule has 0 amide bonds. The summed E-state index contributed by atoms with van der Waals surface area (Å²) in [5.41, 5.74) is 0. The molecule has 0 aliphatic heterocycles. The van der Waals surface area contributed by atoms with Gasteiger partial charge in [0.15, 0.2) is 0 Å². The fourth-order valence-corrected chi connectivity index (χ4v) is 3.13. The summed E-state index contributed by atoms with van der Waals surface area (Å²) in [5.74, 6) is 0.979. The molecular formula is C8H14O2S. The molecule has 64 valence electrons. The molecule has 5 unspecified atom stereocenters. The second-order valence-corrected chi connectivity index (χ2v) is 4.49. The van der Waals surface area contributed by atoms with Crippen LogP contribution < -0.4 is 0 Å². The number of thiol groups is 1. The molecule has 2 aliphatic rings. The van der Waals surface area contributed by atoms with Crippen molar-refractivity contribution < 1.29 is 10.2 Å². The maximum absolute atomic E-state index is 9.49. The number of hydrogen-bond donors (Lipinski definition) is 3. The van der Waals surface area contributed by atoms with E-state index >= 15 is 0 Å². The van der Waals surface area contributed by atoms with E-state index in [9.17, 15) is 10.2 Å². The lowest BCUT2D eigenvalue weighted by Crippen LogP contribution is -2.41. The Morgan fingerprint density at radius 1 is 1.18 bits per heavy atom. The van der Waals surface area contributed by atoms with Crippen molar-refractivity contribution in [2.75, 3.05) is 0 Å². The van der Waals surface area contributed by atoms with Crippen LogP contribution in [0.15, 0.2) is 0 Å². The average Bonchev–Trinajstić information content (AvgIpc) is 2.40. The minimum Gasteiger partial charge on any atom is -0.390 e. The van der Waals surface area contributed by atoms with Crippen molar-refractivity contribution in [2.24, 2.45) is 17.8 Å². The minimum atomic E-state index is -0.515. The summed E-state index contributed by atoms with van der Waals surface area (Å²) in [6.07, 6.45) is -0.0467. The zero-order valence-corrected chi connectivity index (χ0v) is 7.41. The van der Waals surface area contributed by atoms with Crippen LogP contribution in [-0.2, 0) is 0 Å². The van der Waals surface area contributed by atoms with Crippen molar-refractivity contribution in [1.82, 2.24) is 0 Å². The standard InChI is InChI=1S/C8H14O2S/c1-3-4-2-5(8(3)11)7(10)6(4)9/h3-11H,2H2,1H3/t3-,4?,5?,6?,7?,8?/m0/s1. The molecule has 0 saturated heterocycles. The molecule has 0 aromatic heterocycles. The fourth-order valence-electron chi connectivity index (χ4n) is 2.61. The Kier molecular flexibility index (Phi) is 1.71. The highest BCUT2D eigenvalue weighted by molar-refractivity contribution is 7.81.